The maximum atomic E-state index is 12.5. The van der Waals surface area contributed by atoms with E-state index in [1.165, 1.54) is 44.6 Å². The molecule has 0 atom stereocenters. The van der Waals surface area contributed by atoms with Crippen molar-refractivity contribution in [1.29, 1.82) is 0 Å². The quantitative estimate of drug-likeness (QED) is 0.486. The molecule has 0 bridgehead atoms. The summed E-state index contributed by atoms with van der Waals surface area (Å²) in [4.78, 5) is 3.64. The fourth-order valence-electron chi connectivity index (χ4n) is 1.66. The van der Waals surface area contributed by atoms with Crippen LogP contribution in [0.2, 0.25) is 0 Å². The Bertz CT molecular complexity index is 256. The van der Waals surface area contributed by atoms with E-state index in [0.717, 1.165) is 12.0 Å². The monoisotopic (exact) mass is 209 g/mol. The molecule has 0 unspecified atom stereocenters. The van der Waals surface area contributed by atoms with Gasteiger partial charge in [0, 0.05) is 6.20 Å². The van der Waals surface area contributed by atoms with Crippen LogP contribution in [0.5, 0.6) is 0 Å². The first kappa shape index (κ1) is 12.2. The van der Waals surface area contributed by atoms with Crippen LogP contribution in [-0.2, 0) is 6.42 Å². The molecular formula is C13H20FN. The van der Waals surface area contributed by atoms with Gasteiger partial charge in [0.1, 0.15) is 0 Å². The number of nitrogens with zero attached hydrogens (tertiary/aromatic N) is 1. The van der Waals surface area contributed by atoms with Gasteiger partial charge in [0.05, 0.1) is 0 Å². The first-order chi connectivity index (χ1) is 7.33. The number of aromatic nitrogens is 1. The van der Waals surface area contributed by atoms with E-state index in [1.54, 1.807) is 6.20 Å². The van der Waals surface area contributed by atoms with Crippen LogP contribution in [0.4, 0.5) is 4.39 Å². The molecule has 0 aromatic carbocycles. The van der Waals surface area contributed by atoms with Gasteiger partial charge >= 0.3 is 0 Å². The maximum absolute atomic E-state index is 12.5. The second kappa shape index (κ2) is 7.38. The van der Waals surface area contributed by atoms with Crippen molar-refractivity contribution in [2.75, 3.05) is 0 Å². The van der Waals surface area contributed by atoms with Crippen LogP contribution in [0.3, 0.4) is 0 Å². The van der Waals surface area contributed by atoms with Crippen LogP contribution in [-0.4, -0.2) is 4.98 Å². The molecule has 1 heterocycles. The Morgan fingerprint density at radius 1 is 1.07 bits per heavy atom. The van der Waals surface area contributed by atoms with Gasteiger partial charge in [-0.05, 0) is 24.5 Å². The normalized spacial score (nSPS) is 10.5. The molecular weight excluding hydrogens is 189 g/mol. The van der Waals surface area contributed by atoms with Gasteiger partial charge < -0.3 is 0 Å². The number of unbranched alkanes of at least 4 members (excludes halogenated alkanes) is 5. The van der Waals surface area contributed by atoms with E-state index in [9.17, 15) is 4.39 Å². The summed E-state index contributed by atoms with van der Waals surface area (Å²) in [6.07, 6.45) is 10.4. The van der Waals surface area contributed by atoms with Crippen molar-refractivity contribution in [3.05, 3.63) is 29.8 Å². The zero-order chi connectivity index (χ0) is 10.9. The fourth-order valence-corrected chi connectivity index (χ4v) is 1.66. The van der Waals surface area contributed by atoms with Crippen molar-refractivity contribution in [2.24, 2.45) is 0 Å². The van der Waals surface area contributed by atoms with Gasteiger partial charge in [-0.3, -0.25) is 0 Å². The number of halogens is 1. The number of aryl methyl sites for hydroxylation is 1. The minimum absolute atomic E-state index is 0.387. The highest BCUT2D eigenvalue weighted by Gasteiger charge is 1.95. The lowest BCUT2D eigenvalue weighted by Crippen LogP contribution is -1.89. The zero-order valence-corrected chi connectivity index (χ0v) is 9.51. The fraction of sp³-hybridized carbons (Fsp3) is 0.615. The van der Waals surface area contributed by atoms with Gasteiger partial charge in [0.2, 0.25) is 5.95 Å². The lowest BCUT2D eigenvalue weighted by Gasteiger charge is -2.01. The summed E-state index contributed by atoms with van der Waals surface area (Å²) in [5.41, 5.74) is 1.15. The molecule has 1 aromatic rings. The largest absolute Gasteiger partial charge is 0.228 e. The van der Waals surface area contributed by atoms with E-state index in [-0.39, 0.29) is 5.95 Å². The van der Waals surface area contributed by atoms with Gasteiger partial charge in [-0.2, -0.15) is 4.39 Å². The predicted octanol–water partition coefficient (Wildman–Crippen LogP) is 4.12. The van der Waals surface area contributed by atoms with Crippen LogP contribution >= 0.6 is 0 Å². The van der Waals surface area contributed by atoms with Crippen molar-refractivity contribution in [2.45, 2.75) is 51.9 Å². The van der Waals surface area contributed by atoms with Crippen LogP contribution in [0.1, 0.15) is 51.0 Å². The van der Waals surface area contributed by atoms with E-state index in [1.807, 2.05) is 6.07 Å². The van der Waals surface area contributed by atoms with Crippen LogP contribution in [0.15, 0.2) is 18.3 Å². The summed E-state index contributed by atoms with van der Waals surface area (Å²) < 4.78 is 12.5. The molecule has 0 aliphatic rings. The summed E-state index contributed by atoms with van der Waals surface area (Å²) in [7, 11) is 0. The molecule has 84 valence electrons. The molecule has 1 nitrogen and oxygen atoms in total. The molecule has 0 radical (unpaired) electrons. The topological polar surface area (TPSA) is 12.9 Å². The third kappa shape index (κ3) is 5.50. The van der Waals surface area contributed by atoms with E-state index in [2.05, 4.69) is 11.9 Å². The zero-order valence-electron chi connectivity index (χ0n) is 9.51. The summed E-state index contributed by atoms with van der Waals surface area (Å²) in [6.45, 7) is 2.23. The van der Waals surface area contributed by atoms with E-state index < -0.39 is 0 Å². The highest BCUT2D eigenvalue weighted by molar-refractivity contribution is 5.09. The SMILES string of the molecule is CCCCCCCCc1ccc(F)nc1. The number of hydrogen-bond donors (Lipinski definition) is 0. The molecule has 15 heavy (non-hydrogen) atoms. The first-order valence-electron chi connectivity index (χ1n) is 5.93. The summed E-state index contributed by atoms with van der Waals surface area (Å²) >= 11 is 0. The molecule has 1 rings (SSSR count). The number of rotatable bonds is 7. The van der Waals surface area contributed by atoms with E-state index >= 15 is 0 Å². The molecule has 0 amide bonds. The lowest BCUT2D eigenvalue weighted by molar-refractivity contribution is 0.579. The van der Waals surface area contributed by atoms with Crippen LogP contribution < -0.4 is 0 Å². The third-order valence-electron chi connectivity index (χ3n) is 2.61. The molecule has 0 fully saturated rings. The summed E-state index contributed by atoms with van der Waals surface area (Å²) in [6, 6.07) is 3.26. The first-order valence-corrected chi connectivity index (χ1v) is 5.93. The van der Waals surface area contributed by atoms with Crippen molar-refractivity contribution in [3.63, 3.8) is 0 Å². The molecule has 0 saturated heterocycles. The number of pyridine rings is 1. The van der Waals surface area contributed by atoms with E-state index in [4.69, 9.17) is 0 Å². The second-order valence-corrected chi connectivity index (χ2v) is 4.01. The maximum Gasteiger partial charge on any atom is 0.212 e. The predicted molar refractivity (Wildman–Crippen MR) is 61.3 cm³/mol. The highest BCUT2D eigenvalue weighted by Crippen LogP contribution is 2.09. The van der Waals surface area contributed by atoms with Gasteiger partial charge in [-0.25, -0.2) is 4.98 Å². The van der Waals surface area contributed by atoms with Crippen molar-refractivity contribution in [3.8, 4) is 0 Å². The van der Waals surface area contributed by atoms with Gasteiger partial charge in [0.25, 0.3) is 0 Å². The van der Waals surface area contributed by atoms with E-state index in [0.29, 0.717) is 0 Å². The van der Waals surface area contributed by atoms with Crippen molar-refractivity contribution >= 4 is 0 Å². The Hall–Kier alpha value is -0.920. The Balaban J connectivity index is 2.07. The van der Waals surface area contributed by atoms with Crippen molar-refractivity contribution < 1.29 is 4.39 Å². The Morgan fingerprint density at radius 3 is 2.47 bits per heavy atom. The van der Waals surface area contributed by atoms with Gasteiger partial charge in [0.15, 0.2) is 0 Å². The van der Waals surface area contributed by atoms with Gasteiger partial charge in [-0.15, -0.1) is 0 Å². The Morgan fingerprint density at radius 2 is 1.80 bits per heavy atom. The average molecular weight is 209 g/mol. The molecule has 0 aliphatic carbocycles. The summed E-state index contributed by atoms with van der Waals surface area (Å²) in [5, 5.41) is 0. The number of hydrogen-bond acceptors (Lipinski definition) is 1. The molecule has 0 spiro atoms. The van der Waals surface area contributed by atoms with Crippen molar-refractivity contribution in [1.82, 2.24) is 4.98 Å². The standard InChI is InChI=1S/C13H20FN/c1-2-3-4-5-6-7-8-12-9-10-13(14)15-11-12/h9-11H,2-8H2,1H3. The highest BCUT2D eigenvalue weighted by atomic mass is 19.1. The van der Waals surface area contributed by atoms with Crippen LogP contribution in [0.25, 0.3) is 0 Å². The Labute approximate surface area is 91.7 Å². The molecule has 0 saturated carbocycles. The van der Waals surface area contributed by atoms with Crippen LogP contribution in [0, 0.1) is 5.95 Å². The molecule has 0 aliphatic heterocycles. The van der Waals surface area contributed by atoms with Gasteiger partial charge in [-0.1, -0.05) is 45.1 Å². The minimum atomic E-state index is -0.387. The lowest BCUT2D eigenvalue weighted by atomic mass is 10.1. The smallest absolute Gasteiger partial charge is 0.212 e. The minimum Gasteiger partial charge on any atom is -0.228 e. The molecule has 0 N–H and O–H groups in total. The Kier molecular flexibility index (Phi) is 5.98. The second-order valence-electron chi connectivity index (χ2n) is 4.01. The third-order valence-corrected chi connectivity index (χ3v) is 2.61. The molecule has 2 heteroatoms. The summed E-state index contributed by atoms with van der Waals surface area (Å²) in [5.74, 6) is -0.387. The average Bonchev–Trinajstić information content (AvgIpc) is 2.26. The molecule has 1 aromatic heterocycles.